The van der Waals surface area contributed by atoms with Crippen molar-refractivity contribution in [2.45, 2.75) is 45.1 Å². The van der Waals surface area contributed by atoms with Crippen molar-refractivity contribution in [3.05, 3.63) is 12.2 Å². The zero-order valence-electron chi connectivity index (χ0n) is 10.3. The molecule has 4 nitrogen and oxygen atoms in total. The predicted octanol–water partition coefficient (Wildman–Crippen LogP) is 2.05. The van der Waals surface area contributed by atoms with Gasteiger partial charge in [0.25, 0.3) is 0 Å². The lowest BCUT2D eigenvalue weighted by Gasteiger charge is -2.23. The van der Waals surface area contributed by atoms with E-state index < -0.39 is 0 Å². The molecule has 1 atom stereocenters. The summed E-state index contributed by atoms with van der Waals surface area (Å²) in [6.07, 6.45) is 8.77. The maximum atomic E-state index is 4.13. The highest BCUT2D eigenvalue weighted by Crippen LogP contribution is 2.23. The van der Waals surface area contributed by atoms with Gasteiger partial charge in [-0.05, 0) is 32.2 Å². The lowest BCUT2D eigenvalue weighted by atomic mass is 9.89. The SMILES string of the molecule is CC(NCC1CCCCC1)c1nncn1C. The van der Waals surface area contributed by atoms with Crippen molar-refractivity contribution in [2.75, 3.05) is 6.54 Å². The van der Waals surface area contributed by atoms with Crippen LogP contribution in [0.3, 0.4) is 0 Å². The number of aryl methyl sites for hydroxylation is 1. The highest BCUT2D eigenvalue weighted by Gasteiger charge is 2.16. The number of aromatic nitrogens is 3. The Labute approximate surface area is 97.5 Å². The largest absolute Gasteiger partial charge is 0.319 e. The second kappa shape index (κ2) is 5.43. The molecule has 1 N–H and O–H groups in total. The summed E-state index contributed by atoms with van der Waals surface area (Å²) < 4.78 is 1.98. The summed E-state index contributed by atoms with van der Waals surface area (Å²) >= 11 is 0. The third-order valence-electron chi connectivity index (χ3n) is 3.57. The molecule has 2 rings (SSSR count). The maximum Gasteiger partial charge on any atom is 0.149 e. The van der Waals surface area contributed by atoms with Crippen LogP contribution in [0.25, 0.3) is 0 Å². The summed E-state index contributed by atoms with van der Waals surface area (Å²) in [7, 11) is 1.99. The number of nitrogens with zero attached hydrogens (tertiary/aromatic N) is 3. The molecule has 0 aliphatic heterocycles. The van der Waals surface area contributed by atoms with E-state index in [9.17, 15) is 0 Å². The first kappa shape index (κ1) is 11.6. The van der Waals surface area contributed by atoms with E-state index in [0.717, 1.165) is 18.3 Å². The quantitative estimate of drug-likeness (QED) is 0.847. The lowest BCUT2D eigenvalue weighted by Crippen LogP contribution is -2.28. The van der Waals surface area contributed by atoms with Gasteiger partial charge in [0, 0.05) is 7.05 Å². The normalized spacial score (nSPS) is 19.9. The van der Waals surface area contributed by atoms with Gasteiger partial charge in [-0.15, -0.1) is 10.2 Å². The lowest BCUT2D eigenvalue weighted by molar-refractivity contribution is 0.328. The molecule has 4 heteroatoms. The zero-order chi connectivity index (χ0) is 11.4. The van der Waals surface area contributed by atoms with Crippen LogP contribution in [-0.4, -0.2) is 21.3 Å². The van der Waals surface area contributed by atoms with Crippen molar-refractivity contribution >= 4 is 0 Å². The standard InChI is InChI=1S/C12H22N4/c1-10(12-15-14-9-16(12)2)13-8-11-6-4-3-5-7-11/h9-11,13H,3-8H2,1-2H3. The van der Waals surface area contributed by atoms with E-state index in [1.165, 1.54) is 32.1 Å². The Kier molecular flexibility index (Phi) is 3.93. The van der Waals surface area contributed by atoms with Gasteiger partial charge in [0.15, 0.2) is 0 Å². The summed E-state index contributed by atoms with van der Waals surface area (Å²) in [6, 6.07) is 0.300. The predicted molar refractivity (Wildman–Crippen MR) is 64.0 cm³/mol. The zero-order valence-corrected chi connectivity index (χ0v) is 10.3. The Hall–Kier alpha value is -0.900. The molecule has 90 valence electrons. The van der Waals surface area contributed by atoms with Gasteiger partial charge in [0.1, 0.15) is 12.2 Å². The van der Waals surface area contributed by atoms with Crippen LogP contribution in [0.1, 0.15) is 50.9 Å². The molecule has 1 unspecified atom stereocenters. The molecule has 0 bridgehead atoms. The van der Waals surface area contributed by atoms with Crippen molar-refractivity contribution in [3.63, 3.8) is 0 Å². The minimum Gasteiger partial charge on any atom is -0.319 e. The molecular formula is C12H22N4. The van der Waals surface area contributed by atoms with Crippen molar-refractivity contribution in [2.24, 2.45) is 13.0 Å². The highest BCUT2D eigenvalue weighted by atomic mass is 15.3. The van der Waals surface area contributed by atoms with Crippen LogP contribution >= 0.6 is 0 Å². The van der Waals surface area contributed by atoms with Crippen LogP contribution in [0.5, 0.6) is 0 Å². The van der Waals surface area contributed by atoms with Crippen molar-refractivity contribution < 1.29 is 0 Å². The fourth-order valence-electron chi connectivity index (χ4n) is 2.51. The van der Waals surface area contributed by atoms with E-state index in [1.807, 2.05) is 11.6 Å². The molecule has 16 heavy (non-hydrogen) atoms. The fourth-order valence-corrected chi connectivity index (χ4v) is 2.51. The third-order valence-corrected chi connectivity index (χ3v) is 3.57. The van der Waals surface area contributed by atoms with E-state index in [-0.39, 0.29) is 0 Å². The molecular weight excluding hydrogens is 200 g/mol. The van der Waals surface area contributed by atoms with Gasteiger partial charge in [0.05, 0.1) is 6.04 Å². The van der Waals surface area contributed by atoms with E-state index in [0.29, 0.717) is 6.04 Å². The van der Waals surface area contributed by atoms with E-state index >= 15 is 0 Å². The maximum absolute atomic E-state index is 4.13. The smallest absolute Gasteiger partial charge is 0.149 e. The molecule has 0 amide bonds. The van der Waals surface area contributed by atoms with Crippen LogP contribution < -0.4 is 5.32 Å². The van der Waals surface area contributed by atoms with Gasteiger partial charge in [0.2, 0.25) is 0 Å². The van der Waals surface area contributed by atoms with Crippen LogP contribution in [-0.2, 0) is 7.05 Å². The van der Waals surface area contributed by atoms with Crippen molar-refractivity contribution in [1.82, 2.24) is 20.1 Å². The number of hydrogen-bond donors (Lipinski definition) is 1. The van der Waals surface area contributed by atoms with Crippen LogP contribution in [0.15, 0.2) is 6.33 Å². The van der Waals surface area contributed by atoms with Gasteiger partial charge < -0.3 is 9.88 Å². The number of rotatable bonds is 4. The monoisotopic (exact) mass is 222 g/mol. The first-order valence-electron chi connectivity index (χ1n) is 6.34. The van der Waals surface area contributed by atoms with Gasteiger partial charge in [-0.3, -0.25) is 0 Å². The Bertz CT molecular complexity index is 315. The van der Waals surface area contributed by atoms with Crippen LogP contribution in [0, 0.1) is 5.92 Å². The minimum absolute atomic E-state index is 0.300. The van der Waals surface area contributed by atoms with Crippen molar-refractivity contribution in [3.8, 4) is 0 Å². The number of hydrogen-bond acceptors (Lipinski definition) is 3. The molecule has 1 heterocycles. The van der Waals surface area contributed by atoms with Gasteiger partial charge in [-0.2, -0.15) is 0 Å². The van der Waals surface area contributed by atoms with Crippen LogP contribution in [0.4, 0.5) is 0 Å². The minimum atomic E-state index is 0.300. The molecule has 0 aromatic carbocycles. The highest BCUT2D eigenvalue weighted by molar-refractivity contribution is 4.92. The van der Waals surface area contributed by atoms with Gasteiger partial charge in [-0.25, -0.2) is 0 Å². The van der Waals surface area contributed by atoms with Crippen molar-refractivity contribution in [1.29, 1.82) is 0 Å². The first-order chi connectivity index (χ1) is 7.77. The Morgan fingerprint density at radius 3 is 2.81 bits per heavy atom. The van der Waals surface area contributed by atoms with E-state index in [2.05, 4.69) is 22.4 Å². The Balaban J connectivity index is 1.79. The molecule has 1 aliphatic rings. The fraction of sp³-hybridized carbons (Fsp3) is 0.833. The average Bonchev–Trinajstić information content (AvgIpc) is 2.74. The van der Waals surface area contributed by atoms with Crippen LogP contribution in [0.2, 0.25) is 0 Å². The Morgan fingerprint density at radius 2 is 2.19 bits per heavy atom. The molecule has 1 aliphatic carbocycles. The summed E-state index contributed by atoms with van der Waals surface area (Å²) in [4.78, 5) is 0. The van der Waals surface area contributed by atoms with Gasteiger partial charge >= 0.3 is 0 Å². The molecule has 0 spiro atoms. The summed E-state index contributed by atoms with van der Waals surface area (Å²) in [5.41, 5.74) is 0. The molecule has 0 saturated heterocycles. The first-order valence-corrected chi connectivity index (χ1v) is 6.34. The average molecular weight is 222 g/mol. The third kappa shape index (κ3) is 2.82. The Morgan fingerprint density at radius 1 is 1.44 bits per heavy atom. The summed E-state index contributed by atoms with van der Waals surface area (Å²) in [5, 5.41) is 11.6. The summed E-state index contributed by atoms with van der Waals surface area (Å²) in [6.45, 7) is 3.28. The number of nitrogens with one attached hydrogen (secondary N) is 1. The topological polar surface area (TPSA) is 42.7 Å². The van der Waals surface area contributed by atoms with E-state index in [1.54, 1.807) is 6.33 Å². The molecule has 0 radical (unpaired) electrons. The second-order valence-corrected chi connectivity index (χ2v) is 4.93. The van der Waals surface area contributed by atoms with E-state index in [4.69, 9.17) is 0 Å². The second-order valence-electron chi connectivity index (χ2n) is 4.93. The molecule has 1 fully saturated rings. The molecule has 1 aromatic rings. The molecule has 1 aromatic heterocycles. The molecule has 1 saturated carbocycles. The summed E-state index contributed by atoms with van der Waals surface area (Å²) in [5.74, 6) is 1.89. The van der Waals surface area contributed by atoms with Gasteiger partial charge in [-0.1, -0.05) is 19.3 Å².